The zero-order valence-corrected chi connectivity index (χ0v) is 11.9. The van der Waals surface area contributed by atoms with E-state index in [4.69, 9.17) is 12.6 Å². The van der Waals surface area contributed by atoms with Gasteiger partial charge in [0.2, 0.25) is 0 Å². The zero-order chi connectivity index (χ0) is 12.1. The fourth-order valence-corrected chi connectivity index (χ4v) is 3.52. The van der Waals surface area contributed by atoms with Crippen molar-refractivity contribution in [2.75, 3.05) is 0 Å². The van der Waals surface area contributed by atoms with Gasteiger partial charge < -0.3 is 0 Å². The molecule has 0 spiro atoms. The molecule has 1 aromatic carbocycles. The second-order valence-electron chi connectivity index (χ2n) is 6.47. The van der Waals surface area contributed by atoms with Gasteiger partial charge in [0, 0.05) is 4.90 Å². The number of fused-ring (bicyclic) bond motifs is 1. The summed E-state index contributed by atoms with van der Waals surface area (Å²) in [6.45, 7) is 11.6. The molecule has 0 N–H and O–H groups in total. The van der Waals surface area contributed by atoms with E-state index >= 15 is 0 Å². The van der Waals surface area contributed by atoms with Crippen LogP contribution in [-0.2, 0) is 10.8 Å². The second-order valence-corrected chi connectivity index (χ2v) is 6.96. The Labute approximate surface area is 105 Å². The smallest absolute Gasteiger partial charge is 0.00830 e. The van der Waals surface area contributed by atoms with Gasteiger partial charge in [0.1, 0.15) is 0 Å². The molecule has 1 aromatic rings. The lowest BCUT2D eigenvalue weighted by Gasteiger charge is -2.42. The van der Waals surface area contributed by atoms with Gasteiger partial charge in [-0.15, -0.1) is 12.6 Å². The van der Waals surface area contributed by atoms with Gasteiger partial charge in [-0.1, -0.05) is 33.8 Å². The summed E-state index contributed by atoms with van der Waals surface area (Å²) in [6.07, 6.45) is 2.52. The highest BCUT2D eigenvalue weighted by Gasteiger charge is 2.38. The Hall–Kier alpha value is -0.430. The van der Waals surface area contributed by atoms with Gasteiger partial charge in [0.25, 0.3) is 0 Å². The van der Waals surface area contributed by atoms with Crippen LogP contribution in [0.25, 0.3) is 0 Å². The topological polar surface area (TPSA) is 0 Å². The maximum atomic E-state index is 4.70. The van der Waals surface area contributed by atoms with Crippen molar-refractivity contribution in [2.45, 2.75) is 63.2 Å². The van der Waals surface area contributed by atoms with Gasteiger partial charge in [0.05, 0.1) is 0 Å². The number of hydrogen-bond acceptors (Lipinski definition) is 1. The van der Waals surface area contributed by atoms with Crippen LogP contribution in [0.3, 0.4) is 0 Å². The summed E-state index contributed by atoms with van der Waals surface area (Å²) in [4.78, 5) is 1.17. The molecule has 88 valence electrons. The highest BCUT2D eigenvalue weighted by Crippen LogP contribution is 2.48. The number of rotatable bonds is 0. The van der Waals surface area contributed by atoms with Crippen LogP contribution in [0.4, 0.5) is 0 Å². The van der Waals surface area contributed by atoms with Crippen molar-refractivity contribution in [3.05, 3.63) is 28.8 Å². The number of thiol groups is 1. The lowest BCUT2D eigenvalue weighted by atomic mass is 9.63. The maximum absolute atomic E-state index is 4.70. The second kappa shape index (κ2) is 3.53. The van der Waals surface area contributed by atoms with Crippen LogP contribution in [0.15, 0.2) is 17.0 Å². The highest BCUT2D eigenvalue weighted by atomic mass is 32.1. The molecule has 0 atom stereocenters. The van der Waals surface area contributed by atoms with E-state index in [9.17, 15) is 0 Å². The minimum Gasteiger partial charge on any atom is -0.143 e. The number of hydrogen-bond donors (Lipinski definition) is 1. The molecule has 0 aliphatic heterocycles. The summed E-state index contributed by atoms with van der Waals surface area (Å²) in [6, 6.07) is 4.56. The van der Waals surface area contributed by atoms with E-state index in [1.165, 1.54) is 34.4 Å². The van der Waals surface area contributed by atoms with Crippen LogP contribution in [0.5, 0.6) is 0 Å². The van der Waals surface area contributed by atoms with E-state index in [-0.39, 0.29) is 5.41 Å². The summed E-state index contributed by atoms with van der Waals surface area (Å²) >= 11 is 4.70. The van der Waals surface area contributed by atoms with E-state index in [2.05, 4.69) is 46.8 Å². The number of benzene rings is 1. The average Bonchev–Trinajstić information content (AvgIpc) is 2.11. The van der Waals surface area contributed by atoms with Crippen molar-refractivity contribution in [3.8, 4) is 0 Å². The van der Waals surface area contributed by atoms with Crippen molar-refractivity contribution in [2.24, 2.45) is 0 Å². The quantitative estimate of drug-likeness (QED) is 0.622. The molecule has 1 aliphatic rings. The number of aryl methyl sites for hydroxylation is 1. The van der Waals surface area contributed by atoms with E-state index in [0.29, 0.717) is 5.41 Å². The zero-order valence-electron chi connectivity index (χ0n) is 11.0. The molecule has 0 nitrogen and oxygen atoms in total. The molecule has 0 saturated heterocycles. The van der Waals surface area contributed by atoms with E-state index in [1.807, 2.05) is 0 Å². The molecule has 0 bridgehead atoms. The maximum Gasteiger partial charge on any atom is 0.00830 e. The van der Waals surface area contributed by atoms with Crippen molar-refractivity contribution >= 4 is 12.6 Å². The molecule has 0 radical (unpaired) electrons. The minimum atomic E-state index is 0.273. The Kier molecular flexibility index (Phi) is 2.66. The van der Waals surface area contributed by atoms with Crippen molar-refractivity contribution in [1.82, 2.24) is 0 Å². The molecular weight excluding hydrogens is 212 g/mol. The molecule has 16 heavy (non-hydrogen) atoms. The van der Waals surface area contributed by atoms with E-state index in [1.54, 1.807) is 0 Å². The highest BCUT2D eigenvalue weighted by molar-refractivity contribution is 7.80. The van der Waals surface area contributed by atoms with Crippen LogP contribution < -0.4 is 0 Å². The lowest BCUT2D eigenvalue weighted by molar-refractivity contribution is 0.326. The molecule has 0 fully saturated rings. The van der Waals surface area contributed by atoms with Gasteiger partial charge >= 0.3 is 0 Å². The summed E-state index contributed by atoms with van der Waals surface area (Å²) in [5.41, 5.74) is 4.88. The summed E-state index contributed by atoms with van der Waals surface area (Å²) in [7, 11) is 0. The van der Waals surface area contributed by atoms with Gasteiger partial charge in [-0.25, -0.2) is 0 Å². The monoisotopic (exact) mass is 234 g/mol. The first-order valence-electron chi connectivity index (χ1n) is 6.09. The Morgan fingerprint density at radius 2 is 1.56 bits per heavy atom. The molecule has 0 aromatic heterocycles. The SMILES string of the molecule is Cc1cc(S)c2c(c1)C(C)(C)CCC2(C)C. The fourth-order valence-electron chi connectivity index (χ4n) is 2.90. The summed E-state index contributed by atoms with van der Waals surface area (Å²) in [5, 5.41) is 0. The van der Waals surface area contributed by atoms with Crippen molar-refractivity contribution in [1.29, 1.82) is 0 Å². The largest absolute Gasteiger partial charge is 0.143 e. The Bertz CT molecular complexity index is 427. The summed E-state index contributed by atoms with van der Waals surface area (Å²) < 4.78 is 0. The third kappa shape index (κ3) is 1.79. The standard InChI is InChI=1S/C15H22S/c1-10-8-11-13(12(16)9-10)15(4,5)7-6-14(11,2)3/h8-9,16H,6-7H2,1-5H3. The Balaban J connectivity index is 2.74. The van der Waals surface area contributed by atoms with Crippen LogP contribution >= 0.6 is 12.6 Å². The molecule has 0 amide bonds. The molecule has 1 heteroatoms. The molecule has 1 aliphatic carbocycles. The molecule has 2 rings (SSSR count). The molecular formula is C15H22S. The average molecular weight is 234 g/mol. The summed E-state index contributed by atoms with van der Waals surface area (Å²) in [5.74, 6) is 0. The molecule has 0 heterocycles. The predicted molar refractivity (Wildman–Crippen MR) is 73.7 cm³/mol. The van der Waals surface area contributed by atoms with Crippen LogP contribution in [0.2, 0.25) is 0 Å². The predicted octanol–water partition coefficient (Wildman–Crippen LogP) is 4.63. The van der Waals surface area contributed by atoms with Gasteiger partial charge in [-0.2, -0.15) is 0 Å². The van der Waals surface area contributed by atoms with Gasteiger partial charge in [-0.3, -0.25) is 0 Å². The third-order valence-corrected chi connectivity index (χ3v) is 4.40. The Morgan fingerprint density at radius 1 is 1.00 bits per heavy atom. The molecule has 0 saturated carbocycles. The van der Waals surface area contributed by atoms with Crippen molar-refractivity contribution in [3.63, 3.8) is 0 Å². The normalized spacial score (nSPS) is 21.6. The molecule has 0 unspecified atom stereocenters. The first-order valence-corrected chi connectivity index (χ1v) is 6.53. The van der Waals surface area contributed by atoms with E-state index < -0.39 is 0 Å². The van der Waals surface area contributed by atoms with Crippen LogP contribution in [0, 0.1) is 6.92 Å². The van der Waals surface area contributed by atoms with E-state index in [0.717, 1.165) is 0 Å². The van der Waals surface area contributed by atoms with Gasteiger partial charge in [-0.05, 0) is 53.4 Å². The Morgan fingerprint density at radius 3 is 2.19 bits per heavy atom. The lowest BCUT2D eigenvalue weighted by Crippen LogP contribution is -2.34. The van der Waals surface area contributed by atoms with Crippen LogP contribution in [0.1, 0.15) is 57.2 Å². The first-order chi connectivity index (χ1) is 7.24. The van der Waals surface area contributed by atoms with Crippen LogP contribution in [-0.4, -0.2) is 0 Å². The van der Waals surface area contributed by atoms with Crippen molar-refractivity contribution < 1.29 is 0 Å². The fraction of sp³-hybridized carbons (Fsp3) is 0.600. The first kappa shape index (κ1) is 12.0. The minimum absolute atomic E-state index is 0.273. The van der Waals surface area contributed by atoms with Gasteiger partial charge in [0.15, 0.2) is 0 Å². The third-order valence-electron chi connectivity index (χ3n) is 4.04.